The highest BCUT2D eigenvalue weighted by atomic mass is 32.2. The van der Waals surface area contributed by atoms with Crippen molar-refractivity contribution in [3.05, 3.63) is 64.8 Å². The molecule has 1 saturated carbocycles. The van der Waals surface area contributed by atoms with E-state index in [1.54, 1.807) is 18.2 Å². The zero-order valence-electron chi connectivity index (χ0n) is 18.1. The number of thiocarbonyl (C=S) groups is 1. The molecular formula is C25H25FN2O3S2. The third-order valence-corrected chi connectivity index (χ3v) is 6.99. The van der Waals surface area contributed by atoms with Crippen LogP contribution in [0.4, 0.5) is 10.1 Å². The van der Waals surface area contributed by atoms with Crippen molar-refractivity contribution in [3.8, 4) is 5.75 Å². The number of para-hydroxylation sites is 1. The Balaban J connectivity index is 1.32. The van der Waals surface area contributed by atoms with Crippen molar-refractivity contribution >= 4 is 51.9 Å². The third kappa shape index (κ3) is 6.21. The summed E-state index contributed by atoms with van der Waals surface area (Å²) in [6.45, 7) is 0.135. The summed E-state index contributed by atoms with van der Waals surface area (Å²) >= 11 is 6.55. The van der Waals surface area contributed by atoms with E-state index in [0.717, 1.165) is 24.2 Å². The summed E-state index contributed by atoms with van der Waals surface area (Å²) in [6, 6.07) is 13.6. The number of hydrogen-bond donors (Lipinski definition) is 1. The number of rotatable bonds is 7. The van der Waals surface area contributed by atoms with Crippen LogP contribution in [-0.4, -0.2) is 33.7 Å². The lowest BCUT2D eigenvalue weighted by Crippen LogP contribution is -2.31. The van der Waals surface area contributed by atoms with Crippen molar-refractivity contribution in [1.82, 2.24) is 4.90 Å². The number of nitrogens with zero attached hydrogens (tertiary/aromatic N) is 1. The number of carbonyl (C=O) groups is 2. The predicted octanol–water partition coefficient (Wildman–Crippen LogP) is 5.77. The highest BCUT2D eigenvalue weighted by Gasteiger charge is 2.32. The van der Waals surface area contributed by atoms with E-state index in [1.165, 1.54) is 48.1 Å². The van der Waals surface area contributed by atoms with Crippen LogP contribution in [0, 0.1) is 5.82 Å². The average Bonchev–Trinajstić information content (AvgIpc) is 3.08. The van der Waals surface area contributed by atoms with Gasteiger partial charge in [0.15, 0.2) is 0 Å². The van der Waals surface area contributed by atoms with Crippen LogP contribution in [0.3, 0.4) is 0 Å². The lowest BCUT2D eigenvalue weighted by molar-refractivity contribution is -0.122. The van der Waals surface area contributed by atoms with Crippen molar-refractivity contribution in [2.24, 2.45) is 0 Å². The van der Waals surface area contributed by atoms with Crippen LogP contribution in [0.15, 0.2) is 53.4 Å². The van der Waals surface area contributed by atoms with Gasteiger partial charge >= 0.3 is 0 Å². The number of ether oxygens (including phenoxy) is 1. The molecule has 1 aliphatic heterocycles. The fourth-order valence-corrected chi connectivity index (χ4v) is 5.16. The molecule has 2 aromatic carbocycles. The van der Waals surface area contributed by atoms with Gasteiger partial charge < -0.3 is 10.1 Å². The Morgan fingerprint density at radius 2 is 1.88 bits per heavy atom. The first-order chi connectivity index (χ1) is 16.0. The van der Waals surface area contributed by atoms with Crippen molar-refractivity contribution in [2.75, 3.05) is 11.9 Å². The van der Waals surface area contributed by atoms with Crippen LogP contribution in [0.5, 0.6) is 5.75 Å². The normalized spacial score (nSPS) is 18.1. The summed E-state index contributed by atoms with van der Waals surface area (Å²) < 4.78 is 20.2. The Kier molecular flexibility index (Phi) is 7.77. The Bertz CT molecular complexity index is 1070. The maximum absolute atomic E-state index is 13.7. The number of amides is 2. The van der Waals surface area contributed by atoms with Crippen molar-refractivity contribution < 1.29 is 18.7 Å². The number of thioether (sulfide) groups is 1. The van der Waals surface area contributed by atoms with Gasteiger partial charge in [-0.05, 0) is 61.6 Å². The molecule has 1 heterocycles. The molecule has 1 aliphatic carbocycles. The van der Waals surface area contributed by atoms with Crippen LogP contribution < -0.4 is 10.1 Å². The monoisotopic (exact) mass is 484 g/mol. The van der Waals surface area contributed by atoms with Gasteiger partial charge in [0.1, 0.15) is 15.9 Å². The zero-order chi connectivity index (χ0) is 23.2. The van der Waals surface area contributed by atoms with Crippen LogP contribution in [0.25, 0.3) is 6.08 Å². The molecule has 2 fully saturated rings. The summed E-state index contributed by atoms with van der Waals surface area (Å²) in [7, 11) is 0. The summed E-state index contributed by atoms with van der Waals surface area (Å²) in [5, 5.41) is 2.52. The summed E-state index contributed by atoms with van der Waals surface area (Å²) in [6.07, 6.45) is 8.02. The lowest BCUT2D eigenvalue weighted by atomic mass is 9.98. The van der Waals surface area contributed by atoms with E-state index >= 15 is 0 Å². The molecule has 4 rings (SSSR count). The van der Waals surface area contributed by atoms with Gasteiger partial charge in [-0.15, -0.1) is 0 Å². The Morgan fingerprint density at radius 1 is 1.15 bits per heavy atom. The molecule has 33 heavy (non-hydrogen) atoms. The quantitative estimate of drug-likeness (QED) is 0.400. The maximum Gasteiger partial charge on any atom is 0.266 e. The molecule has 2 aromatic rings. The molecule has 0 unspecified atom stereocenters. The molecule has 2 aliphatic rings. The van der Waals surface area contributed by atoms with Crippen molar-refractivity contribution in [2.45, 2.75) is 44.6 Å². The molecule has 1 N–H and O–H groups in total. The highest BCUT2D eigenvalue weighted by Crippen LogP contribution is 2.33. The second-order valence-corrected chi connectivity index (χ2v) is 9.73. The summed E-state index contributed by atoms with van der Waals surface area (Å²) in [5.74, 6) is -0.278. The first kappa shape index (κ1) is 23.4. The van der Waals surface area contributed by atoms with Gasteiger partial charge in [0.05, 0.1) is 16.7 Å². The second kappa shape index (κ2) is 10.9. The van der Waals surface area contributed by atoms with Gasteiger partial charge in [-0.25, -0.2) is 4.39 Å². The first-order valence-electron chi connectivity index (χ1n) is 11.1. The molecule has 5 nitrogen and oxygen atoms in total. The minimum atomic E-state index is -0.505. The van der Waals surface area contributed by atoms with Crippen molar-refractivity contribution in [1.29, 1.82) is 0 Å². The maximum atomic E-state index is 13.7. The Hall–Kier alpha value is -2.71. The van der Waals surface area contributed by atoms with E-state index in [2.05, 4.69) is 5.32 Å². The number of carbonyl (C=O) groups excluding carboxylic acids is 2. The standard InChI is InChI=1S/C25H25FN2O3S2/c26-20-8-4-5-9-21(20)27-23(29)14-15-28-24(30)22(33-25(28)32)16-17-10-12-19(13-11-17)31-18-6-2-1-3-7-18/h4-5,8-13,16,18H,1-3,6-7,14-15H2,(H,27,29)/b22-16-. The molecule has 0 radical (unpaired) electrons. The van der Waals surface area contributed by atoms with Gasteiger partial charge in [0, 0.05) is 13.0 Å². The highest BCUT2D eigenvalue weighted by molar-refractivity contribution is 8.26. The van der Waals surface area contributed by atoms with Crippen LogP contribution in [0.1, 0.15) is 44.1 Å². The topological polar surface area (TPSA) is 58.6 Å². The van der Waals surface area contributed by atoms with Crippen molar-refractivity contribution in [3.63, 3.8) is 0 Å². The molecule has 172 valence electrons. The largest absolute Gasteiger partial charge is 0.490 e. The van der Waals surface area contributed by atoms with E-state index in [0.29, 0.717) is 9.23 Å². The van der Waals surface area contributed by atoms with Crippen LogP contribution in [-0.2, 0) is 9.59 Å². The van der Waals surface area contributed by atoms with E-state index in [4.69, 9.17) is 17.0 Å². The molecule has 0 atom stereocenters. The summed E-state index contributed by atoms with van der Waals surface area (Å²) in [4.78, 5) is 26.9. The minimum absolute atomic E-state index is 0.0151. The smallest absolute Gasteiger partial charge is 0.266 e. The van der Waals surface area contributed by atoms with E-state index in [1.807, 2.05) is 24.3 Å². The van der Waals surface area contributed by atoms with Gasteiger partial charge in [-0.3, -0.25) is 14.5 Å². The summed E-state index contributed by atoms with van der Waals surface area (Å²) in [5.41, 5.74) is 0.993. The van der Waals surface area contributed by atoms with Crippen LogP contribution in [0.2, 0.25) is 0 Å². The Labute approximate surface area is 202 Å². The molecular weight excluding hydrogens is 459 g/mol. The number of halogens is 1. The van der Waals surface area contributed by atoms with Gasteiger partial charge in [-0.1, -0.05) is 54.7 Å². The van der Waals surface area contributed by atoms with E-state index in [-0.39, 0.29) is 36.6 Å². The molecule has 0 aromatic heterocycles. The number of anilines is 1. The predicted molar refractivity (Wildman–Crippen MR) is 133 cm³/mol. The van der Waals surface area contributed by atoms with Crippen LogP contribution >= 0.6 is 24.0 Å². The van der Waals surface area contributed by atoms with Gasteiger partial charge in [0.2, 0.25) is 5.91 Å². The fraction of sp³-hybridized carbons (Fsp3) is 0.320. The fourth-order valence-electron chi connectivity index (χ4n) is 3.85. The third-order valence-electron chi connectivity index (χ3n) is 5.62. The average molecular weight is 485 g/mol. The number of nitrogens with one attached hydrogen (secondary N) is 1. The molecule has 0 spiro atoms. The molecule has 0 bridgehead atoms. The van der Waals surface area contributed by atoms with E-state index in [9.17, 15) is 14.0 Å². The molecule has 8 heteroatoms. The minimum Gasteiger partial charge on any atom is -0.490 e. The number of benzene rings is 2. The van der Waals surface area contributed by atoms with E-state index < -0.39 is 5.82 Å². The van der Waals surface area contributed by atoms with Gasteiger partial charge in [-0.2, -0.15) is 0 Å². The van der Waals surface area contributed by atoms with Gasteiger partial charge in [0.25, 0.3) is 5.91 Å². The second-order valence-electron chi connectivity index (χ2n) is 8.06. The SMILES string of the molecule is O=C(CCN1C(=O)/C(=C/c2ccc(OC3CCCCC3)cc2)SC1=S)Nc1ccccc1F. The molecule has 1 saturated heterocycles. The zero-order valence-corrected chi connectivity index (χ0v) is 19.7. The Morgan fingerprint density at radius 3 is 2.61 bits per heavy atom. The number of hydrogen-bond acceptors (Lipinski definition) is 5. The molecule has 2 amide bonds. The first-order valence-corrected chi connectivity index (χ1v) is 12.3. The lowest BCUT2D eigenvalue weighted by Gasteiger charge is -2.22.